The van der Waals surface area contributed by atoms with Crippen molar-refractivity contribution < 1.29 is 46.5 Å². The molecule has 0 heterocycles. The Kier molecular flexibility index (Phi) is 18.2. The zero-order valence-electron chi connectivity index (χ0n) is 6.23. The number of halogens is 2. The molecule has 0 fully saturated rings. The summed E-state index contributed by atoms with van der Waals surface area (Å²) in [5.41, 5.74) is 1.36. The maximum atomic E-state index is 3.24. The van der Waals surface area contributed by atoms with Gasteiger partial charge in [-0.2, -0.15) is 17.8 Å². The number of hydrogen-bond donors (Lipinski definition) is 0. The van der Waals surface area contributed by atoms with Gasteiger partial charge >= 0.3 is 21.7 Å². The van der Waals surface area contributed by atoms with E-state index in [4.69, 9.17) is 0 Å². The van der Waals surface area contributed by atoms with Crippen LogP contribution in [0.25, 0.3) is 0 Å². The zero-order chi connectivity index (χ0) is 5.82. The fraction of sp³-hybridized carbons (Fsp3) is 0.429. The second-order valence-corrected chi connectivity index (χ2v) is 2.61. The van der Waals surface area contributed by atoms with Crippen molar-refractivity contribution in [1.82, 2.24) is 0 Å². The van der Waals surface area contributed by atoms with Gasteiger partial charge in [0.15, 0.2) is 0 Å². The van der Waals surface area contributed by atoms with Crippen LogP contribution < -0.4 is 24.8 Å². The van der Waals surface area contributed by atoms with Gasteiger partial charge in [0.2, 0.25) is 0 Å². The van der Waals surface area contributed by atoms with Crippen LogP contribution in [0.1, 0.15) is 6.42 Å². The Morgan fingerprint density at radius 1 is 1.55 bits per heavy atom. The molecule has 0 N–H and O–H groups in total. The number of hydrogen-bond acceptors (Lipinski definition) is 1. The van der Waals surface area contributed by atoms with Crippen molar-refractivity contribution in [3.05, 3.63) is 23.8 Å². The molecule has 11 heavy (non-hydrogen) atoms. The molecule has 0 amide bonds. The van der Waals surface area contributed by atoms with Gasteiger partial charge in [0.05, 0.1) is 0 Å². The van der Waals surface area contributed by atoms with Crippen LogP contribution in [0.2, 0.25) is 0 Å². The van der Waals surface area contributed by atoms with Gasteiger partial charge in [0.25, 0.3) is 0 Å². The predicted octanol–water partition coefficient (Wildman–Crippen LogP) is -3.96. The Balaban J connectivity index is -0.000000213. The zero-order valence-corrected chi connectivity index (χ0v) is 10.1. The van der Waals surface area contributed by atoms with Crippen LogP contribution in [0.3, 0.4) is 0 Å². The van der Waals surface area contributed by atoms with Gasteiger partial charge in [-0.15, -0.1) is 6.42 Å². The van der Waals surface area contributed by atoms with Crippen LogP contribution in [0, 0.1) is 6.08 Å². The largest absolute Gasteiger partial charge is 3.00 e. The summed E-state index contributed by atoms with van der Waals surface area (Å²) in [5.74, 6) is 1.12. The number of rotatable bonds is 2. The first-order chi connectivity index (χ1) is 3.93. The number of thioether (sulfide) groups is 1. The van der Waals surface area contributed by atoms with Gasteiger partial charge in [0.1, 0.15) is 0 Å². The smallest absolute Gasteiger partial charge is 1.00 e. The van der Waals surface area contributed by atoms with Gasteiger partial charge in [-0.1, -0.05) is 0 Å². The molecule has 0 spiro atoms. The first-order valence-corrected chi connectivity index (χ1v) is 4.08. The molecule has 0 saturated heterocycles. The van der Waals surface area contributed by atoms with E-state index in [1.807, 2.05) is 11.8 Å². The van der Waals surface area contributed by atoms with Crippen molar-refractivity contribution in [2.75, 3.05) is 12.0 Å². The van der Waals surface area contributed by atoms with E-state index in [-0.39, 0.29) is 46.5 Å². The molecule has 1 rings (SSSR count). The fourth-order valence-electron chi connectivity index (χ4n) is 0.705. The van der Waals surface area contributed by atoms with Gasteiger partial charge in [-0.05, 0) is 12.0 Å². The Hall–Kier alpha value is 1.12. The molecule has 1 aliphatic rings. The van der Waals surface area contributed by atoms with Crippen LogP contribution in [0.4, 0.5) is 0 Å². The Morgan fingerprint density at radius 2 is 2.18 bits per heavy atom. The van der Waals surface area contributed by atoms with E-state index in [9.17, 15) is 0 Å². The molecule has 61 valence electrons. The van der Waals surface area contributed by atoms with Crippen molar-refractivity contribution in [2.24, 2.45) is 0 Å². The summed E-state index contributed by atoms with van der Waals surface area (Å²) >= 11 is 1.85. The summed E-state index contributed by atoms with van der Waals surface area (Å²) in [6, 6.07) is 0. The third-order valence-electron chi connectivity index (χ3n) is 1.07. The molecule has 0 aromatic heterocycles. The van der Waals surface area contributed by atoms with Crippen LogP contribution in [-0.2, 0) is 21.7 Å². The summed E-state index contributed by atoms with van der Waals surface area (Å²) in [4.78, 5) is 0. The van der Waals surface area contributed by atoms with E-state index in [1.54, 1.807) is 0 Å². The van der Waals surface area contributed by atoms with E-state index in [2.05, 4.69) is 24.5 Å². The predicted molar refractivity (Wildman–Crippen MR) is 38.9 cm³/mol. The summed E-state index contributed by atoms with van der Waals surface area (Å²) in [6.45, 7) is 0. The van der Waals surface area contributed by atoms with Crippen LogP contribution in [0.5, 0.6) is 0 Å². The molecule has 0 aromatic rings. The van der Waals surface area contributed by atoms with E-state index in [0.29, 0.717) is 0 Å². The monoisotopic (exact) mass is 243 g/mol. The van der Waals surface area contributed by atoms with Crippen molar-refractivity contribution in [3.63, 3.8) is 0 Å². The molecule has 0 saturated carbocycles. The quantitative estimate of drug-likeness (QED) is 0.353. The minimum absolute atomic E-state index is 0. The van der Waals surface area contributed by atoms with Crippen LogP contribution in [-0.4, -0.2) is 12.0 Å². The Morgan fingerprint density at radius 3 is 2.55 bits per heavy atom. The van der Waals surface area contributed by atoms with Crippen molar-refractivity contribution in [1.29, 1.82) is 0 Å². The molecule has 0 atom stereocenters. The maximum absolute atomic E-state index is 3.24. The molecule has 0 unspecified atom stereocenters. The van der Waals surface area contributed by atoms with E-state index >= 15 is 0 Å². The fourth-order valence-corrected chi connectivity index (χ4v) is 1.21. The molecule has 1 aliphatic carbocycles. The summed E-state index contributed by atoms with van der Waals surface area (Å²) in [6.07, 6.45) is 10.7. The van der Waals surface area contributed by atoms with Gasteiger partial charge in [-0.3, -0.25) is 6.08 Å². The summed E-state index contributed by atoms with van der Waals surface area (Å²) < 4.78 is 0. The van der Waals surface area contributed by atoms with E-state index in [1.165, 1.54) is 5.57 Å². The summed E-state index contributed by atoms with van der Waals surface area (Å²) in [7, 11) is 0. The van der Waals surface area contributed by atoms with Gasteiger partial charge in [0, 0.05) is 0 Å². The maximum Gasteiger partial charge on any atom is 3.00 e. The average Bonchev–Trinajstić information content (AvgIpc) is 2.19. The van der Waals surface area contributed by atoms with E-state index < -0.39 is 0 Å². The van der Waals surface area contributed by atoms with Crippen molar-refractivity contribution in [3.8, 4) is 0 Å². The molecule has 0 aromatic carbocycles. The molecule has 0 bridgehead atoms. The van der Waals surface area contributed by atoms with Crippen LogP contribution in [0.15, 0.2) is 17.7 Å². The normalized spacial score (nSPS) is 12.3. The standard InChI is InChI=1S/C7H9S.2ClH.Ti/c1-8-6-7-4-2-3-5-7;;;/h2,4H,3,6H2,1H3;2*1H;/q-1;;;+3/p-2. The summed E-state index contributed by atoms with van der Waals surface area (Å²) in [5, 5.41) is 0. The SMILES string of the molecule is CSCC1=[C-]CC=C1.[Cl-].[Cl-].[Ti+3]. The first-order valence-electron chi connectivity index (χ1n) is 2.68. The van der Waals surface area contributed by atoms with Crippen molar-refractivity contribution >= 4 is 11.8 Å². The molecule has 1 radical (unpaired) electrons. The molecular weight excluding hydrogens is 235 g/mol. The second kappa shape index (κ2) is 11.1. The van der Waals surface area contributed by atoms with Gasteiger partial charge < -0.3 is 24.8 Å². The third-order valence-corrected chi connectivity index (χ3v) is 1.67. The molecule has 0 aliphatic heterocycles. The van der Waals surface area contributed by atoms with E-state index in [0.717, 1.165) is 12.2 Å². The number of allylic oxidation sites excluding steroid dienone is 3. The second-order valence-electron chi connectivity index (χ2n) is 1.74. The molecular formula is C7H9Cl2STi. The minimum atomic E-state index is 0. The van der Waals surface area contributed by atoms with Crippen LogP contribution >= 0.6 is 11.8 Å². The topological polar surface area (TPSA) is 0 Å². The van der Waals surface area contributed by atoms with Crippen molar-refractivity contribution in [2.45, 2.75) is 6.42 Å². The Labute approximate surface area is 100.0 Å². The first kappa shape index (κ1) is 18.0. The molecule has 0 nitrogen and oxygen atoms in total. The van der Waals surface area contributed by atoms with Gasteiger partial charge in [-0.25, -0.2) is 11.6 Å². The third kappa shape index (κ3) is 7.48. The minimum Gasteiger partial charge on any atom is -1.00 e. The average molecular weight is 244 g/mol. The molecule has 4 heteroatoms. The Bertz CT molecular complexity index is 134.